The number of sulfonamides is 2. The molecule has 0 aliphatic carbocycles. The van der Waals surface area contributed by atoms with E-state index in [-0.39, 0.29) is 21.9 Å². The molecule has 0 heterocycles. The zero-order valence-corrected chi connectivity index (χ0v) is 20.5. The van der Waals surface area contributed by atoms with Crippen molar-refractivity contribution in [2.75, 3.05) is 16.6 Å². The number of methoxy groups -OCH3 is 1. The highest BCUT2D eigenvalue weighted by atomic mass is 32.2. The summed E-state index contributed by atoms with van der Waals surface area (Å²) in [5.74, 6) is -1.42. The first-order valence-corrected chi connectivity index (χ1v) is 13.0. The summed E-state index contributed by atoms with van der Waals surface area (Å²) in [7, 11) is -7.38. The van der Waals surface area contributed by atoms with Gasteiger partial charge in [0.15, 0.2) is 0 Å². The molecule has 0 bridgehead atoms. The SMILES string of the molecule is COc1ccc(C(=O)O)cc1S(=O)(=O)Nc1cc(C)ccc1S(=O)(=O)Nc1ccc(C)cc1C. The molecule has 0 saturated carbocycles. The summed E-state index contributed by atoms with van der Waals surface area (Å²) < 4.78 is 62.7. The molecule has 0 unspecified atom stereocenters. The van der Waals surface area contributed by atoms with E-state index in [1.54, 1.807) is 32.0 Å². The van der Waals surface area contributed by atoms with Gasteiger partial charge in [-0.3, -0.25) is 9.44 Å². The number of aromatic carboxylic acids is 1. The molecule has 3 rings (SSSR count). The molecule has 180 valence electrons. The number of hydrogen-bond donors (Lipinski definition) is 3. The van der Waals surface area contributed by atoms with Gasteiger partial charge in [-0.15, -0.1) is 0 Å². The molecular weight excluding hydrogens is 480 g/mol. The standard InChI is InChI=1S/C23H24N2O7S2/c1-14-5-8-18(16(3)11-14)24-33(28,29)21-10-6-15(2)12-19(21)25-34(30,31)22-13-17(23(26)27)7-9-20(22)32-4/h5-13,24-25H,1-4H3,(H,26,27). The smallest absolute Gasteiger partial charge is 0.335 e. The maximum Gasteiger partial charge on any atom is 0.335 e. The monoisotopic (exact) mass is 504 g/mol. The summed E-state index contributed by atoms with van der Waals surface area (Å²) in [4.78, 5) is 10.6. The molecule has 0 aliphatic heterocycles. The Bertz CT molecular complexity index is 1480. The molecule has 0 fully saturated rings. The van der Waals surface area contributed by atoms with E-state index >= 15 is 0 Å². The van der Waals surface area contributed by atoms with Gasteiger partial charge in [0.25, 0.3) is 20.0 Å². The summed E-state index contributed by atoms with van der Waals surface area (Å²) in [5, 5.41) is 9.25. The topological polar surface area (TPSA) is 139 Å². The van der Waals surface area contributed by atoms with Crippen LogP contribution in [0.3, 0.4) is 0 Å². The van der Waals surface area contributed by atoms with Crippen LogP contribution in [0.1, 0.15) is 27.0 Å². The highest BCUT2D eigenvalue weighted by Crippen LogP contribution is 2.31. The number of rotatable bonds is 8. The quantitative estimate of drug-likeness (QED) is 0.422. The van der Waals surface area contributed by atoms with Gasteiger partial charge in [-0.2, -0.15) is 0 Å². The lowest BCUT2D eigenvalue weighted by Crippen LogP contribution is -2.20. The van der Waals surface area contributed by atoms with Crippen molar-refractivity contribution in [1.82, 2.24) is 0 Å². The third-order valence-electron chi connectivity index (χ3n) is 5.00. The van der Waals surface area contributed by atoms with Crippen molar-refractivity contribution in [1.29, 1.82) is 0 Å². The van der Waals surface area contributed by atoms with Crippen LogP contribution in [0.15, 0.2) is 64.4 Å². The van der Waals surface area contributed by atoms with Crippen LogP contribution >= 0.6 is 0 Å². The fourth-order valence-electron chi connectivity index (χ4n) is 3.31. The minimum Gasteiger partial charge on any atom is -0.495 e. The molecule has 11 heteroatoms. The first-order valence-electron chi connectivity index (χ1n) is 9.99. The molecule has 3 aromatic carbocycles. The molecule has 0 saturated heterocycles. The number of carboxylic acids is 1. The van der Waals surface area contributed by atoms with Crippen LogP contribution in [0.4, 0.5) is 11.4 Å². The normalized spacial score (nSPS) is 11.6. The number of anilines is 2. The summed E-state index contributed by atoms with van der Waals surface area (Å²) in [6.07, 6.45) is 0. The van der Waals surface area contributed by atoms with Crippen LogP contribution in [0.5, 0.6) is 5.75 Å². The Kier molecular flexibility index (Phi) is 6.89. The van der Waals surface area contributed by atoms with E-state index in [1.165, 1.54) is 31.4 Å². The second-order valence-electron chi connectivity index (χ2n) is 7.70. The maximum absolute atomic E-state index is 13.2. The third-order valence-corrected chi connectivity index (χ3v) is 7.81. The predicted octanol–water partition coefficient (Wildman–Crippen LogP) is 3.92. The van der Waals surface area contributed by atoms with E-state index in [9.17, 15) is 26.7 Å². The van der Waals surface area contributed by atoms with E-state index in [1.807, 2.05) is 13.0 Å². The number of nitrogens with one attached hydrogen (secondary N) is 2. The number of carbonyl (C=O) groups is 1. The van der Waals surface area contributed by atoms with Crippen LogP contribution < -0.4 is 14.2 Å². The predicted molar refractivity (Wildman–Crippen MR) is 129 cm³/mol. The zero-order chi connectivity index (χ0) is 25.3. The lowest BCUT2D eigenvalue weighted by Gasteiger charge is -2.17. The van der Waals surface area contributed by atoms with Crippen LogP contribution in [-0.2, 0) is 20.0 Å². The lowest BCUT2D eigenvalue weighted by molar-refractivity contribution is 0.0696. The van der Waals surface area contributed by atoms with Gasteiger partial charge in [-0.05, 0) is 68.3 Å². The van der Waals surface area contributed by atoms with Crippen molar-refractivity contribution in [3.63, 3.8) is 0 Å². The molecule has 0 aromatic heterocycles. The Hall–Kier alpha value is -3.57. The number of aryl methyl sites for hydroxylation is 3. The highest BCUT2D eigenvalue weighted by molar-refractivity contribution is 7.94. The average molecular weight is 505 g/mol. The van der Waals surface area contributed by atoms with Gasteiger partial charge >= 0.3 is 5.97 Å². The first kappa shape index (κ1) is 25.1. The third kappa shape index (κ3) is 5.32. The lowest BCUT2D eigenvalue weighted by atomic mass is 10.1. The van der Waals surface area contributed by atoms with Crippen molar-refractivity contribution in [2.45, 2.75) is 30.6 Å². The first-order chi connectivity index (χ1) is 15.8. The summed E-state index contributed by atoms with van der Waals surface area (Å²) in [6.45, 7) is 5.31. The minimum atomic E-state index is -4.43. The number of benzene rings is 3. The van der Waals surface area contributed by atoms with Gasteiger partial charge in [0.1, 0.15) is 15.5 Å². The molecule has 0 atom stereocenters. The highest BCUT2D eigenvalue weighted by Gasteiger charge is 2.26. The number of hydrogen-bond acceptors (Lipinski definition) is 6. The number of ether oxygens (including phenoxy) is 1. The van der Waals surface area contributed by atoms with Gasteiger partial charge in [-0.25, -0.2) is 21.6 Å². The molecule has 0 radical (unpaired) electrons. The van der Waals surface area contributed by atoms with E-state index in [0.29, 0.717) is 16.8 Å². The summed E-state index contributed by atoms with van der Waals surface area (Å²) >= 11 is 0. The molecule has 9 nitrogen and oxygen atoms in total. The molecule has 0 spiro atoms. The Morgan fingerprint density at radius 3 is 1.97 bits per heavy atom. The fourth-order valence-corrected chi connectivity index (χ4v) is 5.91. The largest absolute Gasteiger partial charge is 0.495 e. The van der Waals surface area contributed by atoms with E-state index in [4.69, 9.17) is 4.74 Å². The van der Waals surface area contributed by atoms with Crippen molar-refractivity contribution < 1.29 is 31.5 Å². The fraction of sp³-hybridized carbons (Fsp3) is 0.174. The van der Waals surface area contributed by atoms with Crippen LogP contribution in [0.2, 0.25) is 0 Å². The van der Waals surface area contributed by atoms with E-state index < -0.39 is 30.9 Å². The van der Waals surface area contributed by atoms with Gasteiger partial charge < -0.3 is 9.84 Å². The summed E-state index contributed by atoms with van der Waals surface area (Å²) in [6, 6.07) is 12.8. The molecule has 3 aromatic rings. The van der Waals surface area contributed by atoms with Crippen LogP contribution in [0, 0.1) is 20.8 Å². The molecule has 34 heavy (non-hydrogen) atoms. The Labute approximate surface area is 198 Å². The van der Waals surface area contributed by atoms with E-state index in [2.05, 4.69) is 9.44 Å². The Morgan fingerprint density at radius 1 is 0.765 bits per heavy atom. The molecule has 0 aliphatic rings. The van der Waals surface area contributed by atoms with Crippen LogP contribution in [0.25, 0.3) is 0 Å². The summed E-state index contributed by atoms with van der Waals surface area (Å²) in [5.41, 5.74) is 2.16. The van der Waals surface area contributed by atoms with Gasteiger partial charge in [0.05, 0.1) is 24.0 Å². The maximum atomic E-state index is 13.2. The van der Waals surface area contributed by atoms with Gasteiger partial charge in [0, 0.05) is 0 Å². The second kappa shape index (κ2) is 9.35. The van der Waals surface area contributed by atoms with Crippen molar-refractivity contribution >= 4 is 37.4 Å². The zero-order valence-electron chi connectivity index (χ0n) is 18.9. The molecular formula is C23H24N2O7S2. The van der Waals surface area contributed by atoms with Gasteiger partial charge in [-0.1, -0.05) is 23.8 Å². The van der Waals surface area contributed by atoms with Gasteiger partial charge in [0.2, 0.25) is 0 Å². The second-order valence-corrected chi connectivity index (χ2v) is 11.0. The minimum absolute atomic E-state index is 0.0945. The van der Waals surface area contributed by atoms with E-state index in [0.717, 1.165) is 11.6 Å². The van der Waals surface area contributed by atoms with Crippen molar-refractivity contribution in [2.24, 2.45) is 0 Å². The Balaban J connectivity index is 2.08. The number of carboxylic acid groups (broad SMARTS) is 1. The average Bonchev–Trinajstić information content (AvgIpc) is 2.74. The van der Waals surface area contributed by atoms with Crippen molar-refractivity contribution in [3.8, 4) is 5.75 Å². The van der Waals surface area contributed by atoms with Crippen molar-refractivity contribution in [3.05, 3.63) is 76.9 Å². The molecule has 0 amide bonds. The van der Waals surface area contributed by atoms with Crippen LogP contribution in [-0.4, -0.2) is 35.0 Å². The Morgan fingerprint density at radius 2 is 1.35 bits per heavy atom. The molecule has 3 N–H and O–H groups in total.